The number of rotatable bonds is 4. The lowest BCUT2D eigenvalue weighted by molar-refractivity contribution is 0.00452. The van der Waals surface area contributed by atoms with Crippen LogP contribution in [0.2, 0.25) is 0 Å². The van der Waals surface area contributed by atoms with Gasteiger partial charge in [-0.2, -0.15) is 0 Å². The molecule has 2 heterocycles. The Hall–Kier alpha value is -2.12. The van der Waals surface area contributed by atoms with Gasteiger partial charge in [-0.3, -0.25) is 15.7 Å². The number of hydrogen-bond donors (Lipinski definition) is 2. The fourth-order valence-corrected chi connectivity index (χ4v) is 3.93. The number of likely N-dealkylation sites (tertiary alicyclic amines) is 1. The molecule has 7 nitrogen and oxygen atoms in total. The number of piperidine rings is 1. The predicted octanol–water partition coefficient (Wildman–Crippen LogP) is 2.89. The topological polar surface area (TPSA) is 81.9 Å². The van der Waals surface area contributed by atoms with Crippen molar-refractivity contribution in [3.63, 3.8) is 0 Å². The molecule has 0 spiro atoms. The van der Waals surface area contributed by atoms with Crippen LogP contribution in [0.4, 0.5) is 0 Å². The van der Waals surface area contributed by atoms with E-state index in [-0.39, 0.29) is 11.9 Å². The zero-order chi connectivity index (χ0) is 20.1. The Kier molecular flexibility index (Phi) is 6.91. The van der Waals surface area contributed by atoms with Crippen molar-refractivity contribution in [3.05, 3.63) is 29.3 Å². The molecule has 2 aliphatic rings. The highest BCUT2D eigenvalue weighted by molar-refractivity contribution is 5.99. The summed E-state index contributed by atoms with van der Waals surface area (Å²) in [7, 11) is 1.64. The molecule has 3 rings (SSSR count). The molecule has 0 atom stereocenters. The number of methoxy groups -OCH3 is 1. The van der Waals surface area contributed by atoms with E-state index in [0.717, 1.165) is 63.5 Å². The summed E-state index contributed by atoms with van der Waals surface area (Å²) in [4.78, 5) is 4.42. The van der Waals surface area contributed by atoms with Crippen LogP contribution in [0.25, 0.3) is 0 Å². The van der Waals surface area contributed by atoms with E-state index in [1.54, 1.807) is 7.11 Å². The average Bonchev–Trinajstić information content (AvgIpc) is 2.73. The molecular weight excluding hydrogens is 356 g/mol. The van der Waals surface area contributed by atoms with E-state index in [1.165, 1.54) is 0 Å². The first kappa shape index (κ1) is 20.6. The molecule has 28 heavy (non-hydrogen) atoms. The second-order valence-electron chi connectivity index (χ2n) is 7.71. The lowest BCUT2D eigenvalue weighted by atomic mass is 10.0. The van der Waals surface area contributed by atoms with E-state index in [2.05, 4.69) is 18.7 Å². The van der Waals surface area contributed by atoms with Crippen molar-refractivity contribution in [2.45, 2.75) is 38.6 Å². The number of amidine groups is 1. The Bertz CT molecular complexity index is 693. The summed E-state index contributed by atoms with van der Waals surface area (Å²) < 4.78 is 16.5. The number of ether oxygens (including phenoxy) is 3. The lowest BCUT2D eigenvalue weighted by Gasteiger charge is -2.40. The molecule has 2 fully saturated rings. The molecule has 0 aliphatic carbocycles. The summed E-state index contributed by atoms with van der Waals surface area (Å²) in [6, 6.07) is 6.25. The number of hydrogen-bond acceptors (Lipinski definition) is 6. The monoisotopic (exact) mass is 388 g/mol. The van der Waals surface area contributed by atoms with Crippen LogP contribution >= 0.6 is 0 Å². The molecule has 7 heteroatoms. The van der Waals surface area contributed by atoms with Crippen LogP contribution in [0.1, 0.15) is 43.7 Å². The van der Waals surface area contributed by atoms with E-state index in [1.807, 2.05) is 23.1 Å². The van der Waals surface area contributed by atoms with Crippen molar-refractivity contribution in [3.8, 4) is 5.75 Å². The van der Waals surface area contributed by atoms with Crippen molar-refractivity contribution in [1.29, 1.82) is 10.8 Å². The van der Waals surface area contributed by atoms with Crippen LogP contribution in [0.15, 0.2) is 18.2 Å². The van der Waals surface area contributed by atoms with Gasteiger partial charge < -0.3 is 19.1 Å². The smallest absolute Gasteiger partial charge is 0.291 e. The molecule has 154 valence electrons. The fraction of sp³-hybridized carbons (Fsp3) is 0.619. The molecule has 0 bridgehead atoms. The van der Waals surface area contributed by atoms with E-state index >= 15 is 0 Å². The van der Waals surface area contributed by atoms with Crippen molar-refractivity contribution in [2.24, 2.45) is 0 Å². The minimum Gasteiger partial charge on any atom is -0.496 e. The largest absolute Gasteiger partial charge is 0.496 e. The number of nitrogens with zero attached hydrogens (tertiary/aromatic N) is 2. The van der Waals surface area contributed by atoms with Crippen molar-refractivity contribution >= 4 is 11.9 Å². The third kappa shape index (κ3) is 4.83. The summed E-state index contributed by atoms with van der Waals surface area (Å²) in [5, 5.41) is 16.5. The maximum atomic E-state index is 8.28. The molecule has 2 saturated heterocycles. The summed E-state index contributed by atoms with van der Waals surface area (Å²) >= 11 is 0. The van der Waals surface area contributed by atoms with Crippen LogP contribution in [0.3, 0.4) is 0 Å². The summed E-state index contributed by atoms with van der Waals surface area (Å²) in [6.07, 6.45) is 2.02. The van der Waals surface area contributed by atoms with Gasteiger partial charge in [0.25, 0.3) is 6.02 Å². The lowest BCUT2D eigenvalue weighted by Crippen LogP contribution is -2.50. The zero-order valence-electron chi connectivity index (χ0n) is 17.2. The van der Waals surface area contributed by atoms with E-state index in [0.29, 0.717) is 17.5 Å². The number of nitrogens with one attached hydrogen (secondary N) is 2. The predicted molar refractivity (Wildman–Crippen MR) is 110 cm³/mol. The highest BCUT2D eigenvalue weighted by atomic mass is 16.5. The highest BCUT2D eigenvalue weighted by Crippen LogP contribution is 2.27. The first-order valence-corrected chi connectivity index (χ1v) is 10.1. The average molecular weight is 389 g/mol. The maximum absolute atomic E-state index is 8.28. The second-order valence-corrected chi connectivity index (χ2v) is 7.71. The number of morpholine rings is 1. The molecule has 0 unspecified atom stereocenters. The molecule has 2 N–H and O–H groups in total. The SMILES string of the molecule is COc1cc(C(=N)OC(=N)N2CCC(N3CCOCC3)CC2)ccc1C(C)C. The Morgan fingerprint density at radius 3 is 2.39 bits per heavy atom. The van der Waals surface area contributed by atoms with Gasteiger partial charge in [-0.1, -0.05) is 19.9 Å². The minimum atomic E-state index is -0.0195. The van der Waals surface area contributed by atoms with Crippen LogP contribution < -0.4 is 4.74 Å². The Morgan fingerprint density at radius 1 is 1.11 bits per heavy atom. The Labute approximate surface area is 167 Å². The molecule has 2 aliphatic heterocycles. The van der Waals surface area contributed by atoms with Gasteiger partial charge in [0.15, 0.2) is 0 Å². The molecular formula is C21H32N4O3. The van der Waals surface area contributed by atoms with E-state index < -0.39 is 0 Å². The third-order valence-corrected chi connectivity index (χ3v) is 5.63. The summed E-state index contributed by atoms with van der Waals surface area (Å²) in [5.41, 5.74) is 1.72. The van der Waals surface area contributed by atoms with Gasteiger partial charge in [-0.15, -0.1) is 0 Å². The summed E-state index contributed by atoms with van der Waals surface area (Å²) in [6.45, 7) is 9.40. The van der Waals surface area contributed by atoms with E-state index in [4.69, 9.17) is 25.0 Å². The second kappa shape index (κ2) is 9.39. The van der Waals surface area contributed by atoms with Gasteiger partial charge in [0.05, 0.1) is 20.3 Å². The first-order valence-electron chi connectivity index (χ1n) is 10.1. The van der Waals surface area contributed by atoms with Gasteiger partial charge in [-0.25, -0.2) is 0 Å². The Morgan fingerprint density at radius 2 is 1.79 bits per heavy atom. The van der Waals surface area contributed by atoms with Gasteiger partial charge >= 0.3 is 0 Å². The Balaban J connectivity index is 1.54. The van der Waals surface area contributed by atoms with Crippen molar-refractivity contribution in [1.82, 2.24) is 9.80 Å². The molecule has 1 aromatic rings. The van der Waals surface area contributed by atoms with Crippen molar-refractivity contribution < 1.29 is 14.2 Å². The zero-order valence-corrected chi connectivity index (χ0v) is 17.2. The van der Waals surface area contributed by atoms with Crippen LogP contribution in [-0.2, 0) is 9.47 Å². The molecule has 0 radical (unpaired) electrons. The third-order valence-electron chi connectivity index (χ3n) is 5.63. The maximum Gasteiger partial charge on any atom is 0.291 e. The molecule has 0 aromatic heterocycles. The van der Waals surface area contributed by atoms with Gasteiger partial charge in [0.1, 0.15) is 5.75 Å². The van der Waals surface area contributed by atoms with E-state index in [9.17, 15) is 0 Å². The highest BCUT2D eigenvalue weighted by Gasteiger charge is 2.27. The van der Waals surface area contributed by atoms with Crippen LogP contribution in [0.5, 0.6) is 5.75 Å². The quantitative estimate of drug-likeness (QED) is 0.612. The molecule has 0 amide bonds. The fourth-order valence-electron chi connectivity index (χ4n) is 3.93. The van der Waals surface area contributed by atoms with Crippen molar-refractivity contribution in [2.75, 3.05) is 46.5 Å². The minimum absolute atomic E-state index is 0.0195. The van der Waals surface area contributed by atoms with Gasteiger partial charge in [0.2, 0.25) is 5.90 Å². The standard InChI is InChI=1S/C21H32N4O3/c1-15(2)18-5-4-16(14-19(18)26-3)20(22)28-21(23)25-8-6-17(7-9-25)24-10-12-27-13-11-24/h4-5,14-15,17,22-23H,6-13H2,1-3H3. The normalized spacial score (nSPS) is 18.9. The van der Waals surface area contributed by atoms with Crippen LogP contribution in [0, 0.1) is 10.8 Å². The molecule has 1 aromatic carbocycles. The van der Waals surface area contributed by atoms with Crippen LogP contribution in [-0.4, -0.2) is 74.3 Å². The molecule has 0 saturated carbocycles. The van der Waals surface area contributed by atoms with Gasteiger partial charge in [0, 0.05) is 37.8 Å². The first-order chi connectivity index (χ1) is 13.5. The number of benzene rings is 1. The summed E-state index contributed by atoms with van der Waals surface area (Å²) in [5.74, 6) is 1.07. The van der Waals surface area contributed by atoms with Gasteiger partial charge in [-0.05, 0) is 36.5 Å².